The average molecular weight is 497 g/mol. The van der Waals surface area contributed by atoms with Gasteiger partial charge in [-0.1, -0.05) is 36.4 Å². The van der Waals surface area contributed by atoms with E-state index in [1.165, 1.54) is 0 Å². The fourth-order valence-electron chi connectivity index (χ4n) is 3.16. The molecule has 1 amide bonds. The van der Waals surface area contributed by atoms with E-state index in [1.54, 1.807) is 24.3 Å². The predicted molar refractivity (Wildman–Crippen MR) is 126 cm³/mol. The first kappa shape index (κ1) is 21.1. The molecule has 0 saturated carbocycles. The molecule has 3 aromatic rings. The van der Waals surface area contributed by atoms with E-state index >= 15 is 0 Å². The second kappa shape index (κ2) is 8.95. The molecule has 0 spiro atoms. The number of ether oxygens (including phenoxy) is 2. The highest BCUT2D eigenvalue weighted by atomic mass is 79.9. The molecule has 3 aromatic carbocycles. The number of hydrogen-bond acceptors (Lipinski definition) is 6. The molecule has 0 aromatic heterocycles. The number of nitrogens with two attached hydrogens (primary N) is 1. The van der Waals surface area contributed by atoms with E-state index in [9.17, 15) is 9.59 Å². The summed E-state index contributed by atoms with van der Waals surface area (Å²) in [5.74, 6) is -0.236. The number of carbonyl (C=O) groups excluding carboxylic acids is 2. The second-order valence-corrected chi connectivity index (χ2v) is 8.46. The molecule has 8 heteroatoms. The highest BCUT2D eigenvalue weighted by Crippen LogP contribution is 2.39. The van der Waals surface area contributed by atoms with Crippen molar-refractivity contribution in [1.82, 2.24) is 0 Å². The van der Waals surface area contributed by atoms with Crippen LogP contribution in [0.15, 0.2) is 69.0 Å². The Morgan fingerprint density at radius 2 is 1.97 bits per heavy atom. The molecule has 1 heterocycles. The van der Waals surface area contributed by atoms with Gasteiger partial charge in [-0.15, -0.1) is 0 Å². The van der Waals surface area contributed by atoms with Crippen molar-refractivity contribution in [2.75, 3.05) is 6.61 Å². The molecule has 6 nitrogen and oxygen atoms in total. The van der Waals surface area contributed by atoms with Gasteiger partial charge in [-0.05, 0) is 75.2 Å². The number of aliphatic imine (C=N–C) groups is 1. The van der Waals surface area contributed by atoms with Gasteiger partial charge in [0, 0.05) is 0 Å². The number of amides is 1. The number of hydrogen-bond donors (Lipinski definition) is 1. The maximum absolute atomic E-state index is 13.0. The van der Waals surface area contributed by atoms with Gasteiger partial charge in [-0.25, -0.2) is 4.79 Å². The van der Waals surface area contributed by atoms with Gasteiger partial charge in [-0.3, -0.25) is 4.79 Å². The SMILES string of the molecule is CCOc1cc(/C=C2\SC(N)=NC2=O)cc(Br)c1OC(=O)c1cccc2ccccc12. The lowest BCUT2D eigenvalue weighted by Crippen LogP contribution is -2.11. The van der Waals surface area contributed by atoms with E-state index < -0.39 is 5.97 Å². The summed E-state index contributed by atoms with van der Waals surface area (Å²) < 4.78 is 12.0. The molecule has 156 valence electrons. The van der Waals surface area contributed by atoms with Gasteiger partial charge in [-0.2, -0.15) is 4.99 Å². The summed E-state index contributed by atoms with van der Waals surface area (Å²) in [4.78, 5) is 29.0. The molecule has 4 rings (SSSR count). The Morgan fingerprint density at radius 1 is 1.19 bits per heavy atom. The molecule has 1 aliphatic rings. The van der Waals surface area contributed by atoms with Gasteiger partial charge >= 0.3 is 5.97 Å². The molecular formula is C23H17BrN2O4S. The predicted octanol–water partition coefficient (Wildman–Crippen LogP) is 5.15. The number of halogens is 1. The second-order valence-electron chi connectivity index (χ2n) is 6.55. The lowest BCUT2D eigenvalue weighted by atomic mass is 10.0. The standard InChI is InChI=1S/C23H17BrN2O4S/c1-2-29-18-11-13(12-19-21(27)26-23(25)31-19)10-17(24)20(18)30-22(28)16-9-5-7-14-6-3-4-8-15(14)16/h3-12H,2H2,1H3,(H2,25,26,27)/b19-12-. The molecule has 0 aliphatic carbocycles. The fourth-order valence-corrected chi connectivity index (χ4v) is 4.38. The van der Waals surface area contributed by atoms with Gasteiger partial charge in [0.1, 0.15) is 0 Å². The van der Waals surface area contributed by atoms with Crippen molar-refractivity contribution < 1.29 is 19.1 Å². The molecule has 31 heavy (non-hydrogen) atoms. The third-order valence-electron chi connectivity index (χ3n) is 4.47. The van der Waals surface area contributed by atoms with Crippen LogP contribution in [-0.4, -0.2) is 23.7 Å². The van der Waals surface area contributed by atoms with E-state index in [2.05, 4.69) is 20.9 Å². The Kier molecular flexibility index (Phi) is 6.11. The maximum Gasteiger partial charge on any atom is 0.344 e. The topological polar surface area (TPSA) is 91.0 Å². The monoisotopic (exact) mass is 496 g/mol. The normalized spacial score (nSPS) is 14.7. The quantitative estimate of drug-likeness (QED) is 0.298. The third-order valence-corrected chi connectivity index (χ3v) is 5.87. The van der Waals surface area contributed by atoms with Crippen LogP contribution in [0.5, 0.6) is 11.5 Å². The van der Waals surface area contributed by atoms with Crippen LogP contribution in [0.2, 0.25) is 0 Å². The van der Waals surface area contributed by atoms with Crippen molar-refractivity contribution in [2.24, 2.45) is 10.7 Å². The average Bonchev–Trinajstić information content (AvgIpc) is 3.06. The number of fused-ring (bicyclic) bond motifs is 1. The summed E-state index contributed by atoms with van der Waals surface area (Å²) in [5.41, 5.74) is 6.75. The van der Waals surface area contributed by atoms with Crippen molar-refractivity contribution in [3.8, 4) is 11.5 Å². The van der Waals surface area contributed by atoms with E-state index in [1.807, 2.05) is 43.3 Å². The van der Waals surface area contributed by atoms with E-state index in [0.29, 0.717) is 32.9 Å². The van der Waals surface area contributed by atoms with Gasteiger partial charge < -0.3 is 15.2 Å². The Morgan fingerprint density at radius 3 is 2.71 bits per heavy atom. The van der Waals surface area contributed by atoms with Crippen LogP contribution in [0.1, 0.15) is 22.8 Å². The summed E-state index contributed by atoms with van der Waals surface area (Å²) in [7, 11) is 0. The lowest BCUT2D eigenvalue weighted by Gasteiger charge is -2.14. The highest BCUT2D eigenvalue weighted by Gasteiger charge is 2.22. The molecule has 0 atom stereocenters. The minimum Gasteiger partial charge on any atom is -0.490 e. The molecular weight excluding hydrogens is 480 g/mol. The van der Waals surface area contributed by atoms with Crippen LogP contribution >= 0.6 is 27.7 Å². The van der Waals surface area contributed by atoms with Crippen molar-refractivity contribution in [2.45, 2.75) is 6.92 Å². The zero-order valence-electron chi connectivity index (χ0n) is 16.4. The Bertz CT molecular complexity index is 1260. The Labute approximate surface area is 191 Å². The van der Waals surface area contributed by atoms with E-state index in [-0.39, 0.29) is 16.8 Å². The summed E-state index contributed by atoms with van der Waals surface area (Å²) >= 11 is 4.57. The van der Waals surface area contributed by atoms with E-state index in [4.69, 9.17) is 15.2 Å². The van der Waals surface area contributed by atoms with Crippen molar-refractivity contribution in [1.29, 1.82) is 0 Å². The Balaban J connectivity index is 1.69. The van der Waals surface area contributed by atoms with Crippen LogP contribution in [-0.2, 0) is 4.79 Å². The molecule has 2 N–H and O–H groups in total. The highest BCUT2D eigenvalue weighted by molar-refractivity contribution is 9.10. The summed E-state index contributed by atoms with van der Waals surface area (Å²) in [6.07, 6.45) is 1.67. The molecule has 0 radical (unpaired) electrons. The zero-order valence-corrected chi connectivity index (χ0v) is 18.8. The van der Waals surface area contributed by atoms with Crippen molar-refractivity contribution in [3.05, 3.63) is 75.1 Å². The molecule has 0 bridgehead atoms. The fraction of sp³-hybridized carbons (Fsp3) is 0.0870. The number of amidine groups is 1. The molecule has 0 unspecified atom stereocenters. The third kappa shape index (κ3) is 4.50. The van der Waals surface area contributed by atoms with Gasteiger partial charge in [0.2, 0.25) is 0 Å². The van der Waals surface area contributed by atoms with Gasteiger partial charge in [0.25, 0.3) is 5.91 Å². The summed E-state index contributed by atoms with van der Waals surface area (Å²) in [6.45, 7) is 2.20. The summed E-state index contributed by atoms with van der Waals surface area (Å²) in [6, 6.07) is 16.5. The minimum absolute atomic E-state index is 0.209. The van der Waals surface area contributed by atoms with Crippen LogP contribution in [0.4, 0.5) is 0 Å². The Hall–Kier alpha value is -3.10. The minimum atomic E-state index is -0.493. The van der Waals surface area contributed by atoms with Crippen LogP contribution in [0.3, 0.4) is 0 Å². The largest absolute Gasteiger partial charge is 0.490 e. The first-order chi connectivity index (χ1) is 15.0. The number of benzene rings is 3. The summed E-state index contributed by atoms with van der Waals surface area (Å²) in [5, 5.41) is 1.96. The number of carbonyl (C=O) groups is 2. The van der Waals surface area contributed by atoms with Crippen molar-refractivity contribution in [3.63, 3.8) is 0 Å². The van der Waals surface area contributed by atoms with E-state index in [0.717, 1.165) is 22.5 Å². The van der Waals surface area contributed by atoms with Crippen LogP contribution in [0.25, 0.3) is 16.8 Å². The van der Waals surface area contributed by atoms with Crippen LogP contribution < -0.4 is 15.2 Å². The first-order valence-electron chi connectivity index (χ1n) is 9.40. The maximum atomic E-state index is 13.0. The van der Waals surface area contributed by atoms with Crippen molar-refractivity contribution >= 4 is 61.6 Å². The number of thioether (sulfide) groups is 1. The number of rotatable bonds is 5. The number of esters is 1. The molecule has 0 saturated heterocycles. The van der Waals surface area contributed by atoms with Gasteiger partial charge in [0.05, 0.1) is 21.5 Å². The molecule has 1 aliphatic heterocycles. The lowest BCUT2D eigenvalue weighted by molar-refractivity contribution is -0.113. The smallest absolute Gasteiger partial charge is 0.344 e. The first-order valence-corrected chi connectivity index (χ1v) is 11.0. The van der Waals surface area contributed by atoms with Crippen LogP contribution in [0, 0.1) is 0 Å². The number of nitrogens with zero attached hydrogens (tertiary/aromatic N) is 1. The van der Waals surface area contributed by atoms with Gasteiger partial charge in [0.15, 0.2) is 16.7 Å². The molecule has 0 fully saturated rings. The zero-order chi connectivity index (χ0) is 22.0.